The highest BCUT2D eigenvalue weighted by Crippen LogP contribution is 2.40. The van der Waals surface area contributed by atoms with Crippen LogP contribution in [0, 0.1) is 0 Å². The van der Waals surface area contributed by atoms with Crippen molar-refractivity contribution in [2.75, 3.05) is 0 Å². The number of rotatable bonds is 3. The summed E-state index contributed by atoms with van der Waals surface area (Å²) in [5.41, 5.74) is 8.45. The summed E-state index contributed by atoms with van der Waals surface area (Å²) in [5.74, 6) is 0.0593. The summed E-state index contributed by atoms with van der Waals surface area (Å²) in [6.07, 6.45) is 4.21. The number of nitrogens with two attached hydrogens (primary N) is 1. The minimum absolute atomic E-state index is 0.378. The second-order valence-electron chi connectivity index (χ2n) is 5.52. The van der Waals surface area contributed by atoms with Crippen LogP contribution in [-0.4, -0.2) is 20.7 Å². The average molecular weight is 357 g/mol. The van der Waals surface area contributed by atoms with Crippen molar-refractivity contribution in [1.82, 2.24) is 14.8 Å². The molecule has 110 valence electrons. The van der Waals surface area contributed by atoms with Gasteiger partial charge in [-0.1, -0.05) is 22.0 Å². The molecule has 2 heterocycles. The van der Waals surface area contributed by atoms with E-state index in [0.29, 0.717) is 17.3 Å². The summed E-state index contributed by atoms with van der Waals surface area (Å²) in [4.78, 5) is 16.4. The Labute approximate surface area is 135 Å². The number of carbonyl (C=O) groups is 1. The zero-order chi connectivity index (χ0) is 15.3. The fourth-order valence-electron chi connectivity index (χ4n) is 2.66. The maximum atomic E-state index is 12.0. The molecule has 2 aromatic heterocycles. The second kappa shape index (κ2) is 4.91. The molecule has 0 radical (unpaired) electrons. The van der Waals surface area contributed by atoms with Crippen molar-refractivity contribution in [1.29, 1.82) is 0 Å². The second-order valence-corrected chi connectivity index (χ2v) is 6.43. The predicted octanol–water partition coefficient (Wildman–Crippen LogP) is 3.16. The Balaban J connectivity index is 1.97. The van der Waals surface area contributed by atoms with Crippen LogP contribution in [0.4, 0.5) is 0 Å². The van der Waals surface area contributed by atoms with Gasteiger partial charge >= 0.3 is 0 Å². The third-order valence-corrected chi connectivity index (χ3v) is 4.38. The van der Waals surface area contributed by atoms with Crippen molar-refractivity contribution in [2.45, 2.75) is 18.8 Å². The number of fused-ring (bicyclic) bond motifs is 1. The fraction of sp³-hybridized carbons (Fsp3) is 0.188. The van der Waals surface area contributed by atoms with Crippen LogP contribution in [-0.2, 0) is 0 Å². The molecule has 0 aliphatic heterocycles. The first-order chi connectivity index (χ1) is 10.6. The molecule has 22 heavy (non-hydrogen) atoms. The highest BCUT2D eigenvalue weighted by Gasteiger charge is 2.26. The molecule has 0 spiro atoms. The third kappa shape index (κ3) is 2.20. The van der Waals surface area contributed by atoms with Gasteiger partial charge in [0.2, 0.25) is 0 Å². The molecule has 1 saturated carbocycles. The van der Waals surface area contributed by atoms with Gasteiger partial charge in [0.25, 0.3) is 5.91 Å². The molecule has 3 aromatic rings. The van der Waals surface area contributed by atoms with E-state index >= 15 is 0 Å². The molecular formula is C16H13BrN4O. The van der Waals surface area contributed by atoms with Gasteiger partial charge in [-0.05, 0) is 48.6 Å². The number of nitrogens with zero attached hydrogens (tertiary/aromatic N) is 3. The van der Waals surface area contributed by atoms with Gasteiger partial charge in [-0.15, -0.1) is 5.10 Å². The van der Waals surface area contributed by atoms with E-state index in [-0.39, 0.29) is 0 Å². The molecule has 0 unspecified atom stereocenters. The summed E-state index contributed by atoms with van der Waals surface area (Å²) >= 11 is 3.43. The Morgan fingerprint density at radius 2 is 2.14 bits per heavy atom. The van der Waals surface area contributed by atoms with Gasteiger partial charge in [0.15, 0.2) is 5.65 Å². The van der Waals surface area contributed by atoms with Crippen molar-refractivity contribution in [3.63, 3.8) is 0 Å². The van der Waals surface area contributed by atoms with Crippen LogP contribution in [0.15, 0.2) is 41.0 Å². The maximum absolute atomic E-state index is 12.0. The Morgan fingerprint density at radius 1 is 1.32 bits per heavy atom. The van der Waals surface area contributed by atoms with Gasteiger partial charge in [-0.2, -0.15) is 0 Å². The minimum Gasteiger partial charge on any atom is -0.364 e. The summed E-state index contributed by atoms with van der Waals surface area (Å²) < 4.78 is 2.48. The summed E-state index contributed by atoms with van der Waals surface area (Å²) in [6, 6.07) is 9.58. The third-order valence-electron chi connectivity index (χ3n) is 3.88. The summed E-state index contributed by atoms with van der Waals surface area (Å²) in [5, 5.41) is 5.17. The molecule has 1 aromatic carbocycles. The van der Waals surface area contributed by atoms with E-state index in [9.17, 15) is 4.79 Å². The Morgan fingerprint density at radius 3 is 2.82 bits per heavy atom. The van der Waals surface area contributed by atoms with Crippen molar-refractivity contribution in [3.8, 4) is 5.69 Å². The highest BCUT2D eigenvalue weighted by molar-refractivity contribution is 9.10. The van der Waals surface area contributed by atoms with E-state index < -0.39 is 5.91 Å². The van der Waals surface area contributed by atoms with E-state index in [1.807, 2.05) is 36.5 Å². The topological polar surface area (TPSA) is 73.8 Å². The average Bonchev–Trinajstić information content (AvgIpc) is 3.26. The molecule has 1 aliphatic carbocycles. The smallest absolute Gasteiger partial charge is 0.268 e. The van der Waals surface area contributed by atoms with E-state index in [0.717, 1.165) is 21.1 Å². The quantitative estimate of drug-likeness (QED) is 0.783. The summed E-state index contributed by atoms with van der Waals surface area (Å²) in [6.45, 7) is 0. The van der Waals surface area contributed by atoms with Crippen LogP contribution in [0.25, 0.3) is 16.7 Å². The van der Waals surface area contributed by atoms with Crippen LogP contribution in [0.1, 0.15) is 34.8 Å². The van der Waals surface area contributed by atoms with Crippen LogP contribution in [0.3, 0.4) is 0 Å². The fourth-order valence-corrected chi connectivity index (χ4v) is 3.05. The lowest BCUT2D eigenvalue weighted by Crippen LogP contribution is -2.17. The van der Waals surface area contributed by atoms with E-state index in [4.69, 9.17) is 5.73 Å². The first kappa shape index (κ1) is 13.5. The zero-order valence-corrected chi connectivity index (χ0v) is 13.2. The monoisotopic (exact) mass is 356 g/mol. The zero-order valence-electron chi connectivity index (χ0n) is 11.7. The Kier molecular flexibility index (Phi) is 3.00. The molecule has 0 bridgehead atoms. The van der Waals surface area contributed by atoms with Gasteiger partial charge in [0.1, 0.15) is 5.69 Å². The number of amides is 1. The van der Waals surface area contributed by atoms with Crippen molar-refractivity contribution in [2.24, 2.45) is 5.73 Å². The number of benzene rings is 1. The number of hydrogen-bond acceptors (Lipinski definition) is 3. The Bertz CT molecular complexity index is 898. The van der Waals surface area contributed by atoms with E-state index in [1.165, 1.54) is 12.8 Å². The molecule has 0 atom stereocenters. The number of hydrogen-bond donors (Lipinski definition) is 1. The van der Waals surface area contributed by atoms with Crippen LogP contribution in [0.5, 0.6) is 0 Å². The van der Waals surface area contributed by atoms with Crippen molar-refractivity contribution in [3.05, 3.63) is 52.3 Å². The molecule has 4 rings (SSSR count). The number of carbonyl (C=O) groups excluding carboxylic acids is 1. The van der Waals surface area contributed by atoms with Gasteiger partial charge in [0, 0.05) is 10.7 Å². The predicted molar refractivity (Wildman–Crippen MR) is 87.1 cm³/mol. The first-order valence-electron chi connectivity index (χ1n) is 7.08. The van der Waals surface area contributed by atoms with Gasteiger partial charge in [0.05, 0.1) is 11.1 Å². The van der Waals surface area contributed by atoms with Gasteiger partial charge < -0.3 is 5.73 Å². The number of aromatic nitrogens is 3. The molecule has 2 N–H and O–H groups in total. The van der Waals surface area contributed by atoms with Crippen molar-refractivity contribution < 1.29 is 4.79 Å². The lowest BCUT2D eigenvalue weighted by atomic mass is 10.1. The van der Waals surface area contributed by atoms with Gasteiger partial charge in [-0.3, -0.25) is 4.79 Å². The largest absolute Gasteiger partial charge is 0.364 e. The summed E-state index contributed by atoms with van der Waals surface area (Å²) in [7, 11) is 0. The molecule has 1 amide bonds. The van der Waals surface area contributed by atoms with Gasteiger partial charge in [-0.25, -0.2) is 9.67 Å². The first-order valence-corrected chi connectivity index (χ1v) is 7.87. The molecular weight excluding hydrogens is 344 g/mol. The van der Waals surface area contributed by atoms with Crippen LogP contribution < -0.4 is 5.73 Å². The number of primary amides is 1. The van der Waals surface area contributed by atoms with E-state index in [2.05, 4.69) is 26.0 Å². The van der Waals surface area contributed by atoms with Crippen LogP contribution in [0.2, 0.25) is 0 Å². The molecule has 0 saturated heterocycles. The lowest BCUT2D eigenvalue weighted by molar-refractivity contribution is 0.0994. The van der Waals surface area contributed by atoms with E-state index in [1.54, 1.807) is 4.68 Å². The molecule has 1 fully saturated rings. The maximum Gasteiger partial charge on any atom is 0.268 e. The highest BCUT2D eigenvalue weighted by atomic mass is 79.9. The number of pyridine rings is 1. The minimum atomic E-state index is -0.503. The molecule has 5 nitrogen and oxygen atoms in total. The standard InChI is InChI=1S/C16H13BrN4O/c17-11-2-1-3-12(7-11)21-14(15(18)22)13-6-10(9-4-5-9)8-19-16(13)20-21/h1-3,6-9H,4-5H2,(H2,18,22). The van der Waals surface area contributed by atoms with Crippen molar-refractivity contribution >= 4 is 32.9 Å². The molecule has 1 aliphatic rings. The SMILES string of the molecule is NC(=O)c1c2cc(C3CC3)cnc2nn1-c1cccc(Br)c1. The Hall–Kier alpha value is -2.21. The van der Waals surface area contributed by atoms with Crippen LogP contribution >= 0.6 is 15.9 Å². The number of halogens is 1. The molecule has 6 heteroatoms. The normalized spacial score (nSPS) is 14.4. The lowest BCUT2D eigenvalue weighted by Gasteiger charge is -2.05.